The lowest BCUT2D eigenvalue weighted by Gasteiger charge is -2.30. The second-order valence-corrected chi connectivity index (χ2v) is 5.30. The van der Waals surface area contributed by atoms with E-state index >= 15 is 0 Å². The molecule has 0 aliphatic carbocycles. The third-order valence-electron chi connectivity index (χ3n) is 3.41. The predicted molar refractivity (Wildman–Crippen MR) is 75.3 cm³/mol. The summed E-state index contributed by atoms with van der Waals surface area (Å²) in [5, 5.41) is 0.688. The van der Waals surface area contributed by atoms with Crippen LogP contribution in [0.5, 0.6) is 5.75 Å². The van der Waals surface area contributed by atoms with Crippen LogP contribution < -0.4 is 10.5 Å². The Bertz CT molecular complexity index is 598. The van der Waals surface area contributed by atoms with Gasteiger partial charge in [-0.1, -0.05) is 17.7 Å². The fraction of sp³-hybridized carbons (Fsp3) is 0.267. The van der Waals surface area contributed by atoms with Gasteiger partial charge in [0.25, 0.3) is 0 Å². The number of ether oxygens (including phenoxy) is 1. The van der Waals surface area contributed by atoms with E-state index in [9.17, 15) is 0 Å². The highest BCUT2D eigenvalue weighted by atomic mass is 35.5. The standard InChI is InChI=1S/C15H15ClN2O/c1-9-2-3-10(8-18-9)15-7-13(17)12-6-11(16)4-5-14(12)19-15/h2-6,8,13,15H,7,17H2,1H3. The number of aryl methyl sites for hydroxylation is 1. The lowest BCUT2D eigenvalue weighted by Crippen LogP contribution is -2.24. The molecule has 3 rings (SSSR count). The maximum atomic E-state index is 6.21. The molecule has 0 fully saturated rings. The third kappa shape index (κ3) is 2.44. The van der Waals surface area contributed by atoms with Gasteiger partial charge < -0.3 is 10.5 Å². The number of nitrogens with two attached hydrogens (primary N) is 1. The van der Waals surface area contributed by atoms with E-state index in [4.69, 9.17) is 22.1 Å². The summed E-state index contributed by atoms with van der Waals surface area (Å²) >= 11 is 5.99. The van der Waals surface area contributed by atoms with Gasteiger partial charge in [-0.3, -0.25) is 4.98 Å². The van der Waals surface area contributed by atoms with Crippen LogP contribution in [0.1, 0.15) is 35.4 Å². The van der Waals surface area contributed by atoms with Gasteiger partial charge in [0.1, 0.15) is 11.9 Å². The molecule has 1 aromatic heterocycles. The van der Waals surface area contributed by atoms with Crippen molar-refractivity contribution in [3.8, 4) is 5.75 Å². The Labute approximate surface area is 117 Å². The molecule has 0 amide bonds. The molecule has 1 aliphatic rings. The van der Waals surface area contributed by atoms with E-state index in [1.807, 2.05) is 43.5 Å². The summed E-state index contributed by atoms with van der Waals surface area (Å²) in [4.78, 5) is 4.31. The summed E-state index contributed by atoms with van der Waals surface area (Å²) in [6.07, 6.45) is 2.54. The van der Waals surface area contributed by atoms with Crippen molar-refractivity contribution >= 4 is 11.6 Å². The molecule has 4 heteroatoms. The number of benzene rings is 1. The Balaban J connectivity index is 1.92. The van der Waals surface area contributed by atoms with Gasteiger partial charge in [0.05, 0.1) is 0 Å². The zero-order chi connectivity index (χ0) is 13.4. The monoisotopic (exact) mass is 274 g/mol. The Morgan fingerprint density at radius 2 is 2.16 bits per heavy atom. The van der Waals surface area contributed by atoms with Gasteiger partial charge >= 0.3 is 0 Å². The molecule has 0 spiro atoms. The van der Waals surface area contributed by atoms with Crippen molar-refractivity contribution in [1.29, 1.82) is 0 Å². The van der Waals surface area contributed by atoms with E-state index in [2.05, 4.69) is 4.98 Å². The highest BCUT2D eigenvalue weighted by Crippen LogP contribution is 2.40. The zero-order valence-corrected chi connectivity index (χ0v) is 11.4. The van der Waals surface area contributed by atoms with E-state index in [1.54, 1.807) is 0 Å². The molecule has 0 saturated carbocycles. The predicted octanol–water partition coefficient (Wildman–Crippen LogP) is 3.57. The number of rotatable bonds is 1. The molecule has 2 aromatic rings. The van der Waals surface area contributed by atoms with Crippen molar-refractivity contribution in [2.24, 2.45) is 5.73 Å². The van der Waals surface area contributed by atoms with Crippen LogP contribution in [0.4, 0.5) is 0 Å². The lowest BCUT2D eigenvalue weighted by molar-refractivity contribution is 0.161. The van der Waals surface area contributed by atoms with Gasteiger partial charge in [-0.25, -0.2) is 0 Å². The van der Waals surface area contributed by atoms with Crippen LogP contribution >= 0.6 is 11.6 Å². The molecule has 98 valence electrons. The summed E-state index contributed by atoms with van der Waals surface area (Å²) < 4.78 is 6.00. The minimum Gasteiger partial charge on any atom is -0.485 e. The molecule has 2 atom stereocenters. The summed E-state index contributed by atoms with van der Waals surface area (Å²) in [6, 6.07) is 9.55. The van der Waals surface area contributed by atoms with Crippen LogP contribution in [-0.4, -0.2) is 4.98 Å². The molecule has 2 heterocycles. The van der Waals surface area contributed by atoms with Crippen LogP contribution in [0.15, 0.2) is 36.5 Å². The van der Waals surface area contributed by atoms with Crippen molar-refractivity contribution in [2.45, 2.75) is 25.5 Å². The third-order valence-corrected chi connectivity index (χ3v) is 3.65. The number of nitrogens with zero attached hydrogens (tertiary/aromatic N) is 1. The Kier molecular flexibility index (Phi) is 3.17. The van der Waals surface area contributed by atoms with Crippen LogP contribution in [0.3, 0.4) is 0 Å². The highest BCUT2D eigenvalue weighted by Gasteiger charge is 2.27. The molecule has 1 aliphatic heterocycles. The highest BCUT2D eigenvalue weighted by molar-refractivity contribution is 6.30. The number of hydrogen-bond donors (Lipinski definition) is 1. The molecular weight excluding hydrogens is 260 g/mol. The molecule has 0 bridgehead atoms. The first-order valence-corrected chi connectivity index (χ1v) is 6.65. The van der Waals surface area contributed by atoms with Crippen LogP contribution in [-0.2, 0) is 0 Å². The quantitative estimate of drug-likeness (QED) is 0.865. The zero-order valence-electron chi connectivity index (χ0n) is 10.6. The topological polar surface area (TPSA) is 48.1 Å². The fourth-order valence-corrected chi connectivity index (χ4v) is 2.53. The van der Waals surface area contributed by atoms with E-state index < -0.39 is 0 Å². The Morgan fingerprint density at radius 1 is 1.32 bits per heavy atom. The number of aromatic nitrogens is 1. The largest absolute Gasteiger partial charge is 0.485 e. The maximum absolute atomic E-state index is 6.21. The van der Waals surface area contributed by atoms with Crippen molar-refractivity contribution in [3.05, 3.63) is 58.4 Å². The fourth-order valence-electron chi connectivity index (χ4n) is 2.35. The van der Waals surface area contributed by atoms with Crippen molar-refractivity contribution in [1.82, 2.24) is 4.98 Å². The smallest absolute Gasteiger partial charge is 0.127 e. The SMILES string of the molecule is Cc1ccc(C2CC(N)c3cc(Cl)ccc3O2)cn1. The Morgan fingerprint density at radius 3 is 2.89 bits per heavy atom. The van der Waals surface area contributed by atoms with E-state index in [1.165, 1.54) is 0 Å². The number of pyridine rings is 1. The molecule has 2 N–H and O–H groups in total. The first-order valence-electron chi connectivity index (χ1n) is 6.28. The lowest BCUT2D eigenvalue weighted by atomic mass is 9.94. The van der Waals surface area contributed by atoms with E-state index in [-0.39, 0.29) is 12.1 Å². The average molecular weight is 275 g/mol. The first-order chi connectivity index (χ1) is 9.13. The summed E-state index contributed by atoms with van der Waals surface area (Å²) in [5.74, 6) is 0.814. The van der Waals surface area contributed by atoms with Gasteiger partial charge in [0.15, 0.2) is 0 Å². The normalized spacial score (nSPS) is 21.6. The molecule has 0 radical (unpaired) electrons. The summed E-state index contributed by atoms with van der Waals surface area (Å²) in [6.45, 7) is 1.97. The van der Waals surface area contributed by atoms with Gasteiger partial charge in [0, 0.05) is 40.5 Å². The number of fused-ring (bicyclic) bond motifs is 1. The van der Waals surface area contributed by atoms with E-state index in [0.717, 1.165) is 29.0 Å². The first kappa shape index (κ1) is 12.5. The molecule has 0 saturated heterocycles. The van der Waals surface area contributed by atoms with Gasteiger partial charge in [0.2, 0.25) is 0 Å². The second kappa shape index (κ2) is 4.83. The number of hydrogen-bond acceptors (Lipinski definition) is 3. The second-order valence-electron chi connectivity index (χ2n) is 4.86. The minimum atomic E-state index is -0.0613. The van der Waals surface area contributed by atoms with Crippen molar-refractivity contribution in [3.63, 3.8) is 0 Å². The Hall–Kier alpha value is -1.58. The molecule has 19 heavy (non-hydrogen) atoms. The van der Waals surface area contributed by atoms with Crippen molar-refractivity contribution in [2.75, 3.05) is 0 Å². The summed E-state index contributed by atoms with van der Waals surface area (Å²) in [7, 11) is 0. The average Bonchev–Trinajstić information content (AvgIpc) is 2.40. The van der Waals surface area contributed by atoms with Crippen LogP contribution in [0, 0.1) is 6.92 Å². The van der Waals surface area contributed by atoms with Gasteiger partial charge in [-0.15, -0.1) is 0 Å². The van der Waals surface area contributed by atoms with Crippen LogP contribution in [0.25, 0.3) is 0 Å². The molecular formula is C15H15ClN2O. The van der Waals surface area contributed by atoms with Gasteiger partial charge in [-0.05, 0) is 31.2 Å². The minimum absolute atomic E-state index is 0.0447. The van der Waals surface area contributed by atoms with Crippen molar-refractivity contribution < 1.29 is 4.74 Å². The molecule has 3 nitrogen and oxygen atoms in total. The van der Waals surface area contributed by atoms with Gasteiger partial charge in [-0.2, -0.15) is 0 Å². The van der Waals surface area contributed by atoms with Crippen LogP contribution in [0.2, 0.25) is 5.02 Å². The molecule has 1 aromatic carbocycles. The number of halogens is 1. The molecule has 2 unspecified atom stereocenters. The summed E-state index contributed by atoms with van der Waals surface area (Å²) in [5.41, 5.74) is 9.24. The van der Waals surface area contributed by atoms with E-state index in [0.29, 0.717) is 5.02 Å². The maximum Gasteiger partial charge on any atom is 0.127 e.